The van der Waals surface area contributed by atoms with Gasteiger partial charge in [0.1, 0.15) is 0 Å². The van der Waals surface area contributed by atoms with E-state index in [-0.39, 0.29) is 0 Å². The molecular weight excluding hydrogens is 146 g/mol. The first-order chi connectivity index (χ1) is 5.41. The first-order valence-electron chi connectivity index (χ1n) is 5.14. The minimum absolute atomic E-state index is 0.342. The largest absolute Gasteiger partial charge is 0.299 e. The van der Waals surface area contributed by atoms with Crippen LogP contribution in [0.2, 0.25) is 0 Å². The summed E-state index contributed by atoms with van der Waals surface area (Å²) in [6, 6.07) is 0.833. The van der Waals surface area contributed by atoms with Crippen molar-refractivity contribution in [3.63, 3.8) is 0 Å². The molecule has 0 N–H and O–H groups in total. The lowest BCUT2D eigenvalue weighted by Gasteiger charge is -2.37. The lowest BCUT2D eigenvalue weighted by Crippen LogP contribution is -2.44. The van der Waals surface area contributed by atoms with Crippen molar-refractivity contribution >= 4 is 0 Å². The summed E-state index contributed by atoms with van der Waals surface area (Å²) in [6.45, 7) is 9.28. The van der Waals surface area contributed by atoms with Crippen molar-refractivity contribution in [1.82, 2.24) is 4.90 Å². The molecule has 0 heterocycles. The van der Waals surface area contributed by atoms with E-state index >= 15 is 0 Å². The summed E-state index contributed by atoms with van der Waals surface area (Å²) in [5, 5.41) is 0. The van der Waals surface area contributed by atoms with Crippen LogP contribution in [-0.4, -0.2) is 23.5 Å². The van der Waals surface area contributed by atoms with Crippen LogP contribution in [0.1, 0.15) is 47.0 Å². The molecule has 0 aliphatic heterocycles. The molecular formula is C11H23N. The summed E-state index contributed by atoms with van der Waals surface area (Å²) in [6.07, 6.45) is 4.22. The van der Waals surface area contributed by atoms with Crippen LogP contribution in [0.4, 0.5) is 0 Å². The van der Waals surface area contributed by atoms with E-state index < -0.39 is 0 Å². The van der Waals surface area contributed by atoms with Gasteiger partial charge in [-0.05, 0) is 53.0 Å². The van der Waals surface area contributed by atoms with Crippen molar-refractivity contribution in [2.45, 2.75) is 58.5 Å². The highest BCUT2D eigenvalue weighted by molar-refractivity contribution is 4.85. The van der Waals surface area contributed by atoms with E-state index in [1.165, 1.54) is 19.3 Å². The molecule has 0 spiro atoms. The van der Waals surface area contributed by atoms with Gasteiger partial charge in [-0.2, -0.15) is 0 Å². The van der Waals surface area contributed by atoms with Gasteiger partial charge in [-0.25, -0.2) is 0 Å². The van der Waals surface area contributed by atoms with Crippen molar-refractivity contribution in [2.75, 3.05) is 7.05 Å². The fourth-order valence-corrected chi connectivity index (χ4v) is 2.08. The Morgan fingerprint density at radius 1 is 1.17 bits per heavy atom. The molecule has 1 fully saturated rings. The summed E-state index contributed by atoms with van der Waals surface area (Å²) < 4.78 is 0. The van der Waals surface area contributed by atoms with Crippen LogP contribution in [0, 0.1) is 5.92 Å². The molecule has 0 saturated heterocycles. The van der Waals surface area contributed by atoms with Gasteiger partial charge in [0.15, 0.2) is 0 Å². The maximum absolute atomic E-state index is 2.54. The topological polar surface area (TPSA) is 3.24 Å². The quantitative estimate of drug-likeness (QED) is 0.583. The molecule has 0 aromatic carbocycles. The average molecular weight is 169 g/mol. The van der Waals surface area contributed by atoms with Crippen molar-refractivity contribution in [1.29, 1.82) is 0 Å². The van der Waals surface area contributed by atoms with Gasteiger partial charge in [-0.1, -0.05) is 6.92 Å². The summed E-state index contributed by atoms with van der Waals surface area (Å²) in [5.74, 6) is 0.944. The molecule has 2 unspecified atom stereocenters. The molecule has 12 heavy (non-hydrogen) atoms. The second kappa shape index (κ2) is 3.37. The van der Waals surface area contributed by atoms with E-state index in [1.807, 2.05) is 0 Å². The van der Waals surface area contributed by atoms with E-state index in [9.17, 15) is 0 Å². The van der Waals surface area contributed by atoms with Crippen LogP contribution in [0.3, 0.4) is 0 Å². The normalized spacial score (nSPS) is 31.5. The predicted molar refractivity (Wildman–Crippen MR) is 54.3 cm³/mol. The van der Waals surface area contributed by atoms with Crippen molar-refractivity contribution in [2.24, 2.45) is 5.92 Å². The van der Waals surface area contributed by atoms with Crippen molar-refractivity contribution in [3.05, 3.63) is 0 Å². The molecule has 1 rings (SSSR count). The minimum Gasteiger partial charge on any atom is -0.299 e. The van der Waals surface area contributed by atoms with Gasteiger partial charge in [0.25, 0.3) is 0 Å². The molecule has 0 radical (unpaired) electrons. The Hall–Kier alpha value is -0.0400. The second-order valence-electron chi connectivity index (χ2n) is 5.35. The van der Waals surface area contributed by atoms with Gasteiger partial charge < -0.3 is 0 Å². The van der Waals surface area contributed by atoms with Crippen molar-refractivity contribution < 1.29 is 0 Å². The molecule has 1 aliphatic rings. The number of hydrogen-bond donors (Lipinski definition) is 0. The maximum Gasteiger partial charge on any atom is 0.0124 e. The minimum atomic E-state index is 0.342. The molecule has 1 nitrogen and oxygen atoms in total. The van der Waals surface area contributed by atoms with Crippen LogP contribution in [0.5, 0.6) is 0 Å². The molecule has 0 bridgehead atoms. The van der Waals surface area contributed by atoms with Crippen LogP contribution in [0.15, 0.2) is 0 Å². The summed E-state index contributed by atoms with van der Waals surface area (Å²) in [5.41, 5.74) is 0.342. The lowest BCUT2D eigenvalue weighted by molar-refractivity contribution is 0.117. The van der Waals surface area contributed by atoms with E-state index in [0.717, 1.165) is 12.0 Å². The maximum atomic E-state index is 2.54. The number of rotatable bonds is 1. The predicted octanol–water partition coefficient (Wildman–Crippen LogP) is 2.91. The average Bonchev–Trinajstić information content (AvgIpc) is 2.32. The van der Waals surface area contributed by atoms with Gasteiger partial charge >= 0.3 is 0 Å². The van der Waals surface area contributed by atoms with Crippen molar-refractivity contribution in [3.8, 4) is 0 Å². The van der Waals surface area contributed by atoms with Gasteiger partial charge in [-0.3, -0.25) is 4.90 Å². The Bertz CT molecular complexity index is 146. The third-order valence-corrected chi connectivity index (χ3v) is 3.27. The number of nitrogens with zero attached hydrogens (tertiary/aromatic N) is 1. The van der Waals surface area contributed by atoms with Gasteiger partial charge in [0.05, 0.1) is 0 Å². The molecule has 0 amide bonds. The molecule has 1 aliphatic carbocycles. The lowest BCUT2D eigenvalue weighted by atomic mass is 10.0. The Labute approximate surface area is 77.1 Å². The van der Waals surface area contributed by atoms with E-state index in [0.29, 0.717) is 5.54 Å². The molecule has 72 valence electrons. The zero-order valence-electron chi connectivity index (χ0n) is 9.22. The fraction of sp³-hybridized carbons (Fsp3) is 1.00. The van der Waals surface area contributed by atoms with E-state index in [1.54, 1.807) is 0 Å². The Morgan fingerprint density at radius 3 is 2.08 bits per heavy atom. The molecule has 2 atom stereocenters. The Morgan fingerprint density at radius 2 is 1.75 bits per heavy atom. The summed E-state index contributed by atoms with van der Waals surface area (Å²) >= 11 is 0. The zero-order chi connectivity index (χ0) is 9.35. The SMILES string of the molecule is CC1CCC(N(C)C(C)(C)C)C1. The molecule has 1 heteroatoms. The van der Waals surface area contributed by atoms with Crippen LogP contribution < -0.4 is 0 Å². The highest BCUT2D eigenvalue weighted by atomic mass is 15.2. The second-order valence-corrected chi connectivity index (χ2v) is 5.35. The summed E-state index contributed by atoms with van der Waals surface area (Å²) in [4.78, 5) is 2.54. The fourth-order valence-electron chi connectivity index (χ4n) is 2.08. The highest BCUT2D eigenvalue weighted by Gasteiger charge is 2.30. The monoisotopic (exact) mass is 169 g/mol. The van der Waals surface area contributed by atoms with Gasteiger partial charge in [-0.15, -0.1) is 0 Å². The highest BCUT2D eigenvalue weighted by Crippen LogP contribution is 2.31. The first kappa shape index (κ1) is 10.0. The van der Waals surface area contributed by atoms with Gasteiger partial charge in [0, 0.05) is 11.6 Å². The summed E-state index contributed by atoms with van der Waals surface area (Å²) in [7, 11) is 2.27. The van der Waals surface area contributed by atoms with Crippen LogP contribution in [0.25, 0.3) is 0 Å². The molecule has 0 aromatic rings. The number of hydrogen-bond acceptors (Lipinski definition) is 1. The Balaban J connectivity index is 2.48. The van der Waals surface area contributed by atoms with E-state index in [2.05, 4.69) is 39.6 Å². The van der Waals surface area contributed by atoms with E-state index in [4.69, 9.17) is 0 Å². The Kier molecular flexibility index (Phi) is 2.82. The van der Waals surface area contributed by atoms with Gasteiger partial charge in [0.2, 0.25) is 0 Å². The third-order valence-electron chi connectivity index (χ3n) is 3.27. The zero-order valence-corrected chi connectivity index (χ0v) is 9.22. The molecule has 1 saturated carbocycles. The standard InChI is InChI=1S/C11H23N/c1-9-6-7-10(8-9)12(5)11(2,3)4/h9-10H,6-8H2,1-5H3. The van der Waals surface area contributed by atoms with Crippen LogP contribution in [-0.2, 0) is 0 Å². The molecule has 0 aromatic heterocycles. The van der Waals surface area contributed by atoms with Crippen LogP contribution >= 0.6 is 0 Å². The first-order valence-corrected chi connectivity index (χ1v) is 5.14. The third kappa shape index (κ3) is 2.22. The smallest absolute Gasteiger partial charge is 0.0124 e.